The third kappa shape index (κ3) is 8.38. The van der Waals surface area contributed by atoms with Gasteiger partial charge in [-0.05, 0) is 84.2 Å². The van der Waals surface area contributed by atoms with Gasteiger partial charge in [0.05, 0.1) is 0 Å². The fourth-order valence-corrected chi connectivity index (χ4v) is 8.28. The third-order valence-corrected chi connectivity index (χ3v) is 11.4. The standard InChI is InChI=1S/C47H45N5O7/c53-42(40-18-10-26-51(40)45(56)58-30-32-12-4-1-5-13-32)48-37-24-21-36(22-25-37)47(35-16-8-3-9-17-35)29-34-20-23-38(28-39(34)50-44(47)55)49-43(54)41-19-11-27-52(41)46(57)59-31-33-14-6-2-7-15-33/h1-9,12-17,20-25,28,40-41H,10-11,18-19,26-27,29-31H2,(H,48,53)(H,49,54)(H,50,55)/t40-,41-,47?/m0/s1. The van der Waals surface area contributed by atoms with Gasteiger partial charge in [-0.3, -0.25) is 24.2 Å². The smallest absolute Gasteiger partial charge is 0.410 e. The van der Waals surface area contributed by atoms with Crippen LogP contribution in [0.15, 0.2) is 133 Å². The molecule has 5 aromatic carbocycles. The van der Waals surface area contributed by atoms with Gasteiger partial charge in [-0.1, -0.05) is 109 Å². The highest BCUT2D eigenvalue weighted by Gasteiger charge is 2.46. The van der Waals surface area contributed by atoms with E-state index < -0.39 is 29.7 Å². The first kappa shape index (κ1) is 38.9. The van der Waals surface area contributed by atoms with Crippen LogP contribution in [0.25, 0.3) is 0 Å². The summed E-state index contributed by atoms with van der Waals surface area (Å²) in [6.45, 7) is 1.10. The summed E-state index contributed by atoms with van der Waals surface area (Å²) in [5.74, 6) is -0.869. The molecule has 300 valence electrons. The second-order valence-corrected chi connectivity index (χ2v) is 15.1. The van der Waals surface area contributed by atoms with E-state index >= 15 is 0 Å². The van der Waals surface area contributed by atoms with Gasteiger partial charge >= 0.3 is 12.2 Å². The number of nitrogens with one attached hydrogen (secondary N) is 3. The maximum absolute atomic E-state index is 14.4. The van der Waals surface area contributed by atoms with Crippen LogP contribution in [0.4, 0.5) is 26.7 Å². The minimum atomic E-state index is -1.10. The zero-order chi connectivity index (χ0) is 40.8. The lowest BCUT2D eigenvalue weighted by Crippen LogP contribution is -2.46. The lowest BCUT2D eigenvalue weighted by Gasteiger charge is -2.38. The van der Waals surface area contributed by atoms with E-state index in [2.05, 4.69) is 16.0 Å². The van der Waals surface area contributed by atoms with Crippen LogP contribution in [0.5, 0.6) is 0 Å². The molecule has 5 aromatic rings. The van der Waals surface area contributed by atoms with Gasteiger partial charge in [-0.15, -0.1) is 0 Å². The molecule has 0 saturated carbocycles. The molecule has 12 nitrogen and oxygen atoms in total. The van der Waals surface area contributed by atoms with Gasteiger partial charge in [0.2, 0.25) is 17.7 Å². The fourth-order valence-electron chi connectivity index (χ4n) is 8.28. The second-order valence-electron chi connectivity index (χ2n) is 15.1. The summed E-state index contributed by atoms with van der Waals surface area (Å²) in [5, 5.41) is 9.03. The molecule has 59 heavy (non-hydrogen) atoms. The molecule has 8 rings (SSSR count). The van der Waals surface area contributed by atoms with E-state index in [-0.39, 0.29) is 30.9 Å². The van der Waals surface area contributed by atoms with Gasteiger partial charge < -0.3 is 25.4 Å². The number of hydrogen-bond acceptors (Lipinski definition) is 7. The Morgan fingerprint density at radius 3 is 1.63 bits per heavy atom. The summed E-state index contributed by atoms with van der Waals surface area (Å²) in [5.41, 5.74) is 4.64. The summed E-state index contributed by atoms with van der Waals surface area (Å²) in [7, 11) is 0. The molecule has 0 aliphatic carbocycles. The number of hydrogen-bond donors (Lipinski definition) is 3. The molecular weight excluding hydrogens is 747 g/mol. The number of ether oxygens (including phenoxy) is 2. The Balaban J connectivity index is 0.945. The summed E-state index contributed by atoms with van der Waals surface area (Å²) in [6, 6.07) is 39.7. The molecule has 0 spiro atoms. The summed E-state index contributed by atoms with van der Waals surface area (Å²) in [4.78, 5) is 70.3. The van der Waals surface area contributed by atoms with Crippen LogP contribution in [0.3, 0.4) is 0 Å². The minimum Gasteiger partial charge on any atom is -0.445 e. The van der Waals surface area contributed by atoms with Crippen LogP contribution < -0.4 is 16.0 Å². The maximum atomic E-state index is 14.4. The number of nitrogens with zero attached hydrogens (tertiary/aromatic N) is 2. The van der Waals surface area contributed by atoms with E-state index in [0.29, 0.717) is 62.3 Å². The lowest BCUT2D eigenvalue weighted by molar-refractivity contribution is -0.121. The van der Waals surface area contributed by atoms with Gasteiger partial charge in [0, 0.05) is 30.2 Å². The monoisotopic (exact) mass is 791 g/mol. The number of amides is 5. The number of carbonyl (C=O) groups excluding carboxylic acids is 5. The van der Waals surface area contributed by atoms with Crippen molar-refractivity contribution in [3.63, 3.8) is 0 Å². The van der Waals surface area contributed by atoms with Crippen molar-refractivity contribution >= 4 is 47.0 Å². The first-order valence-corrected chi connectivity index (χ1v) is 20.0. The topological polar surface area (TPSA) is 146 Å². The molecule has 0 bridgehead atoms. The minimum absolute atomic E-state index is 0.120. The van der Waals surface area contributed by atoms with Gasteiger partial charge in [0.15, 0.2) is 0 Å². The van der Waals surface area contributed by atoms with Gasteiger partial charge in [0.1, 0.15) is 30.7 Å². The van der Waals surface area contributed by atoms with E-state index in [0.717, 1.165) is 27.8 Å². The van der Waals surface area contributed by atoms with Gasteiger partial charge in [0.25, 0.3) is 0 Å². The third-order valence-electron chi connectivity index (χ3n) is 11.4. The molecule has 3 atom stereocenters. The number of carbonyl (C=O) groups is 5. The Hall–Kier alpha value is -6.95. The maximum Gasteiger partial charge on any atom is 0.410 e. The molecule has 3 aliphatic rings. The highest BCUT2D eigenvalue weighted by Crippen LogP contribution is 2.43. The highest BCUT2D eigenvalue weighted by molar-refractivity contribution is 6.06. The van der Waals surface area contributed by atoms with Crippen LogP contribution in [0.2, 0.25) is 0 Å². The van der Waals surface area contributed by atoms with Crippen LogP contribution in [-0.4, -0.2) is 64.9 Å². The molecule has 3 heterocycles. The molecule has 3 aliphatic heterocycles. The molecule has 2 fully saturated rings. The number of fused-ring (bicyclic) bond motifs is 1. The Kier molecular flexibility index (Phi) is 11.4. The van der Waals surface area contributed by atoms with Gasteiger partial charge in [-0.25, -0.2) is 9.59 Å². The molecule has 3 N–H and O–H groups in total. The zero-order valence-electron chi connectivity index (χ0n) is 32.5. The van der Waals surface area contributed by atoms with Crippen LogP contribution in [0.1, 0.15) is 53.5 Å². The SMILES string of the molecule is O=C(Nc1ccc(C2(c3ccccc3)Cc3ccc(NC(=O)[C@@H]4CCCN4C(=O)OCc4ccccc4)cc3NC2=O)cc1)[C@@H]1CCCN1C(=O)OCc1ccccc1. The highest BCUT2D eigenvalue weighted by atomic mass is 16.6. The quantitative estimate of drug-likeness (QED) is 0.132. The summed E-state index contributed by atoms with van der Waals surface area (Å²) >= 11 is 0. The van der Waals surface area contributed by atoms with Crippen LogP contribution in [-0.2, 0) is 48.9 Å². The average molecular weight is 792 g/mol. The Labute approximate surface area is 342 Å². The Bertz CT molecular complexity index is 2320. The van der Waals surface area contributed by atoms with Crippen molar-refractivity contribution in [2.24, 2.45) is 0 Å². The molecule has 0 radical (unpaired) electrons. The Morgan fingerprint density at radius 1 is 0.610 bits per heavy atom. The van der Waals surface area contributed by atoms with Crippen molar-refractivity contribution in [1.29, 1.82) is 0 Å². The number of anilines is 3. The van der Waals surface area contributed by atoms with Crippen molar-refractivity contribution < 1.29 is 33.4 Å². The Morgan fingerprint density at radius 2 is 1.08 bits per heavy atom. The van der Waals surface area contributed by atoms with Crippen LogP contribution >= 0.6 is 0 Å². The summed E-state index contributed by atoms with van der Waals surface area (Å²) < 4.78 is 11.0. The van der Waals surface area contributed by atoms with E-state index in [1.54, 1.807) is 24.3 Å². The normalized spacial score (nSPS) is 19.6. The zero-order valence-corrected chi connectivity index (χ0v) is 32.5. The van der Waals surface area contributed by atoms with Crippen molar-refractivity contribution in [3.05, 3.63) is 161 Å². The van der Waals surface area contributed by atoms with Crippen molar-refractivity contribution in [1.82, 2.24) is 9.80 Å². The number of benzene rings is 5. The van der Waals surface area contributed by atoms with Crippen molar-refractivity contribution in [2.75, 3.05) is 29.0 Å². The first-order chi connectivity index (χ1) is 28.8. The fraction of sp³-hybridized carbons (Fsp3) is 0.255. The molecule has 0 aromatic heterocycles. The lowest BCUT2D eigenvalue weighted by atomic mass is 9.68. The van der Waals surface area contributed by atoms with E-state index in [9.17, 15) is 24.0 Å². The summed E-state index contributed by atoms with van der Waals surface area (Å²) in [6.07, 6.45) is 1.68. The molecule has 5 amide bonds. The average Bonchev–Trinajstić information content (AvgIpc) is 3.98. The van der Waals surface area contributed by atoms with E-state index in [1.807, 2.05) is 109 Å². The van der Waals surface area contributed by atoms with Crippen molar-refractivity contribution in [2.45, 2.75) is 62.8 Å². The molecular formula is C47H45N5O7. The second kappa shape index (κ2) is 17.3. The number of rotatable bonds is 10. The molecule has 2 saturated heterocycles. The van der Waals surface area contributed by atoms with E-state index in [4.69, 9.17) is 9.47 Å². The molecule has 12 heteroatoms. The van der Waals surface area contributed by atoms with E-state index in [1.165, 1.54) is 9.80 Å². The predicted octanol–water partition coefficient (Wildman–Crippen LogP) is 7.65. The van der Waals surface area contributed by atoms with Crippen molar-refractivity contribution in [3.8, 4) is 0 Å². The largest absolute Gasteiger partial charge is 0.445 e. The van der Waals surface area contributed by atoms with Crippen LogP contribution in [0, 0.1) is 0 Å². The van der Waals surface area contributed by atoms with Gasteiger partial charge in [-0.2, -0.15) is 0 Å². The number of likely N-dealkylation sites (tertiary alicyclic amines) is 2. The molecule has 1 unspecified atom stereocenters. The first-order valence-electron chi connectivity index (χ1n) is 20.0. The predicted molar refractivity (Wildman–Crippen MR) is 222 cm³/mol.